The van der Waals surface area contributed by atoms with Crippen molar-refractivity contribution in [1.82, 2.24) is 10.3 Å². The average Bonchev–Trinajstić information content (AvgIpc) is 2.86. The first kappa shape index (κ1) is 8.66. The van der Waals surface area contributed by atoms with E-state index >= 15 is 0 Å². The molecule has 0 radical (unpaired) electrons. The number of hydrogen-bond donors (Lipinski definition) is 2. The maximum absolute atomic E-state index is 5.93. The molecule has 0 bridgehead atoms. The second-order valence-corrected chi connectivity index (χ2v) is 3.83. The van der Waals surface area contributed by atoms with Gasteiger partial charge >= 0.3 is 0 Å². The van der Waals surface area contributed by atoms with Crippen molar-refractivity contribution in [3.05, 3.63) is 30.1 Å². The van der Waals surface area contributed by atoms with Gasteiger partial charge in [0.1, 0.15) is 0 Å². The lowest BCUT2D eigenvalue weighted by Gasteiger charge is -2.09. The topological polar surface area (TPSA) is 50.9 Å². The molecule has 0 aromatic carbocycles. The predicted molar refractivity (Wildman–Crippen MR) is 52.1 cm³/mol. The van der Waals surface area contributed by atoms with Crippen molar-refractivity contribution in [3.8, 4) is 0 Å². The van der Waals surface area contributed by atoms with Gasteiger partial charge in [-0.15, -0.1) is 0 Å². The van der Waals surface area contributed by atoms with E-state index in [1.807, 2.05) is 12.3 Å². The van der Waals surface area contributed by atoms with E-state index in [0.717, 1.165) is 25.9 Å². The molecule has 13 heavy (non-hydrogen) atoms. The zero-order valence-corrected chi connectivity index (χ0v) is 7.66. The van der Waals surface area contributed by atoms with E-state index in [4.69, 9.17) is 5.73 Å². The molecule has 0 amide bonds. The van der Waals surface area contributed by atoms with Crippen LogP contribution in [0.2, 0.25) is 0 Å². The smallest absolute Gasteiger partial charge is 0.0312 e. The lowest BCUT2D eigenvalue weighted by Crippen LogP contribution is -2.35. The van der Waals surface area contributed by atoms with Crippen LogP contribution in [0.1, 0.15) is 18.4 Å². The molecule has 3 heteroatoms. The minimum atomic E-state index is 0.0994. The fraction of sp³-hybridized carbons (Fsp3) is 0.500. The zero-order valence-electron chi connectivity index (χ0n) is 7.66. The average molecular weight is 177 g/mol. The van der Waals surface area contributed by atoms with Crippen LogP contribution in [0, 0.1) is 0 Å². The molecule has 0 atom stereocenters. The third kappa shape index (κ3) is 2.50. The van der Waals surface area contributed by atoms with Crippen LogP contribution in [0.25, 0.3) is 0 Å². The van der Waals surface area contributed by atoms with Crippen LogP contribution >= 0.6 is 0 Å². The monoisotopic (exact) mass is 177 g/mol. The van der Waals surface area contributed by atoms with Crippen LogP contribution in [0.5, 0.6) is 0 Å². The Morgan fingerprint density at radius 1 is 1.54 bits per heavy atom. The number of rotatable bonds is 4. The summed E-state index contributed by atoms with van der Waals surface area (Å²) in [6, 6.07) is 4.02. The van der Waals surface area contributed by atoms with E-state index in [1.165, 1.54) is 5.56 Å². The Balaban J connectivity index is 1.74. The maximum Gasteiger partial charge on any atom is 0.0312 e. The molecule has 1 saturated carbocycles. The van der Waals surface area contributed by atoms with Crippen LogP contribution < -0.4 is 11.1 Å². The predicted octanol–water partition coefficient (Wildman–Crippen LogP) is 0.662. The zero-order chi connectivity index (χ0) is 9.15. The lowest BCUT2D eigenvalue weighted by atomic mass is 10.2. The SMILES string of the molecule is NC1(CNCc2cccnc2)CC1. The number of pyridine rings is 1. The standard InChI is InChI=1S/C10H15N3/c11-10(3-4-10)8-13-7-9-2-1-5-12-6-9/h1-2,5-6,13H,3-4,7-8,11H2. The molecular formula is C10H15N3. The number of nitrogens with zero attached hydrogens (tertiary/aromatic N) is 1. The van der Waals surface area contributed by atoms with E-state index in [-0.39, 0.29) is 5.54 Å². The lowest BCUT2D eigenvalue weighted by molar-refractivity contribution is 0.568. The van der Waals surface area contributed by atoms with E-state index < -0.39 is 0 Å². The molecule has 1 fully saturated rings. The van der Waals surface area contributed by atoms with E-state index in [0.29, 0.717) is 0 Å². The van der Waals surface area contributed by atoms with Crippen molar-refractivity contribution in [3.63, 3.8) is 0 Å². The van der Waals surface area contributed by atoms with Crippen molar-refractivity contribution in [2.75, 3.05) is 6.54 Å². The van der Waals surface area contributed by atoms with E-state index in [1.54, 1.807) is 6.20 Å². The van der Waals surface area contributed by atoms with Gasteiger partial charge in [-0.1, -0.05) is 6.07 Å². The van der Waals surface area contributed by atoms with Gasteiger partial charge in [-0.25, -0.2) is 0 Å². The van der Waals surface area contributed by atoms with Gasteiger partial charge < -0.3 is 11.1 Å². The van der Waals surface area contributed by atoms with Gasteiger partial charge in [0, 0.05) is 31.0 Å². The first-order valence-electron chi connectivity index (χ1n) is 4.67. The van der Waals surface area contributed by atoms with Gasteiger partial charge in [0.2, 0.25) is 0 Å². The van der Waals surface area contributed by atoms with Crippen LogP contribution in [0.3, 0.4) is 0 Å². The summed E-state index contributed by atoms with van der Waals surface area (Å²) < 4.78 is 0. The molecule has 0 spiro atoms. The fourth-order valence-corrected chi connectivity index (χ4v) is 1.30. The summed E-state index contributed by atoms with van der Waals surface area (Å²) in [5.74, 6) is 0. The second kappa shape index (κ2) is 3.44. The summed E-state index contributed by atoms with van der Waals surface area (Å²) in [6.07, 6.45) is 5.98. The summed E-state index contributed by atoms with van der Waals surface area (Å²) in [4.78, 5) is 4.04. The van der Waals surface area contributed by atoms with Gasteiger partial charge in [-0.05, 0) is 24.5 Å². The summed E-state index contributed by atoms with van der Waals surface area (Å²) in [7, 11) is 0. The normalized spacial score (nSPS) is 18.5. The van der Waals surface area contributed by atoms with Crippen LogP contribution in [0.15, 0.2) is 24.5 Å². The van der Waals surface area contributed by atoms with Crippen LogP contribution in [0.4, 0.5) is 0 Å². The Kier molecular flexibility index (Phi) is 2.29. The first-order chi connectivity index (χ1) is 6.29. The quantitative estimate of drug-likeness (QED) is 0.710. The highest BCUT2D eigenvalue weighted by Gasteiger charge is 2.37. The van der Waals surface area contributed by atoms with Crippen LogP contribution in [-0.2, 0) is 6.54 Å². The highest BCUT2D eigenvalue weighted by molar-refractivity contribution is 5.08. The minimum Gasteiger partial charge on any atom is -0.324 e. The Hall–Kier alpha value is -0.930. The third-order valence-corrected chi connectivity index (χ3v) is 2.42. The van der Waals surface area contributed by atoms with E-state index in [2.05, 4.69) is 16.4 Å². The van der Waals surface area contributed by atoms with E-state index in [9.17, 15) is 0 Å². The molecule has 70 valence electrons. The number of aromatic nitrogens is 1. The molecule has 1 heterocycles. The molecule has 0 aliphatic heterocycles. The molecule has 1 aliphatic carbocycles. The molecule has 1 aliphatic rings. The van der Waals surface area contributed by atoms with Crippen molar-refractivity contribution in [2.45, 2.75) is 24.9 Å². The Bertz CT molecular complexity index is 267. The highest BCUT2D eigenvalue weighted by Crippen LogP contribution is 2.30. The molecule has 1 aromatic heterocycles. The van der Waals surface area contributed by atoms with Gasteiger partial charge in [0.15, 0.2) is 0 Å². The highest BCUT2D eigenvalue weighted by atomic mass is 15.0. The Morgan fingerprint density at radius 3 is 3.00 bits per heavy atom. The summed E-state index contributed by atoms with van der Waals surface area (Å²) >= 11 is 0. The van der Waals surface area contributed by atoms with Gasteiger partial charge in [0.05, 0.1) is 0 Å². The van der Waals surface area contributed by atoms with Gasteiger partial charge in [-0.2, -0.15) is 0 Å². The van der Waals surface area contributed by atoms with Crippen LogP contribution in [-0.4, -0.2) is 17.1 Å². The minimum absolute atomic E-state index is 0.0994. The fourth-order valence-electron chi connectivity index (χ4n) is 1.30. The summed E-state index contributed by atoms with van der Waals surface area (Å²) in [6.45, 7) is 1.79. The number of nitrogens with two attached hydrogens (primary N) is 1. The van der Waals surface area contributed by atoms with Crippen molar-refractivity contribution < 1.29 is 0 Å². The number of hydrogen-bond acceptors (Lipinski definition) is 3. The summed E-state index contributed by atoms with van der Waals surface area (Å²) in [5, 5.41) is 3.34. The molecule has 1 aromatic rings. The maximum atomic E-state index is 5.93. The molecule has 3 N–H and O–H groups in total. The Morgan fingerprint density at radius 2 is 2.38 bits per heavy atom. The van der Waals surface area contributed by atoms with Gasteiger partial charge in [0.25, 0.3) is 0 Å². The second-order valence-electron chi connectivity index (χ2n) is 3.83. The van der Waals surface area contributed by atoms with Crippen molar-refractivity contribution in [1.29, 1.82) is 0 Å². The molecular weight excluding hydrogens is 162 g/mol. The summed E-state index contributed by atoms with van der Waals surface area (Å²) in [5.41, 5.74) is 7.25. The van der Waals surface area contributed by atoms with Crippen molar-refractivity contribution in [2.24, 2.45) is 5.73 Å². The number of nitrogens with one attached hydrogen (secondary N) is 1. The largest absolute Gasteiger partial charge is 0.324 e. The first-order valence-corrected chi connectivity index (χ1v) is 4.67. The van der Waals surface area contributed by atoms with Crippen molar-refractivity contribution >= 4 is 0 Å². The molecule has 0 unspecified atom stereocenters. The molecule has 2 rings (SSSR count). The molecule has 3 nitrogen and oxygen atoms in total. The Labute approximate surface area is 78.4 Å². The van der Waals surface area contributed by atoms with Gasteiger partial charge in [-0.3, -0.25) is 4.98 Å². The molecule has 0 saturated heterocycles. The third-order valence-electron chi connectivity index (χ3n) is 2.42.